The highest BCUT2D eigenvalue weighted by Crippen LogP contribution is 2.19. The lowest BCUT2D eigenvalue weighted by Gasteiger charge is -2.13. The molecule has 0 fully saturated rings. The fourth-order valence-electron chi connectivity index (χ4n) is 1.32. The lowest BCUT2D eigenvalue weighted by Crippen LogP contribution is -2.17. The van der Waals surface area contributed by atoms with Crippen molar-refractivity contribution in [2.75, 3.05) is 13.7 Å². The van der Waals surface area contributed by atoms with Crippen molar-refractivity contribution < 1.29 is 14.2 Å². The molecule has 0 aliphatic heterocycles. The van der Waals surface area contributed by atoms with E-state index >= 15 is 0 Å². The second-order valence-electron chi connectivity index (χ2n) is 3.66. The van der Waals surface area contributed by atoms with Gasteiger partial charge in [0.1, 0.15) is 18.2 Å². The molecule has 0 spiro atoms. The summed E-state index contributed by atoms with van der Waals surface area (Å²) in [6.07, 6.45) is 0.162. The van der Waals surface area contributed by atoms with E-state index in [4.69, 9.17) is 4.74 Å². The Morgan fingerprint density at radius 2 is 2.25 bits per heavy atom. The van der Waals surface area contributed by atoms with E-state index in [1.165, 1.54) is 12.1 Å². The van der Waals surface area contributed by atoms with Crippen molar-refractivity contribution in [3.05, 3.63) is 29.6 Å². The zero-order valence-corrected chi connectivity index (χ0v) is 9.66. The Balaban J connectivity index is 2.70. The molecule has 0 amide bonds. The van der Waals surface area contributed by atoms with Crippen LogP contribution < -0.4 is 10.1 Å². The second kappa shape index (κ2) is 6.45. The maximum atomic E-state index is 13.0. The number of nitrogens with one attached hydrogen (secondary N) is 1. The van der Waals surface area contributed by atoms with E-state index in [1.54, 1.807) is 13.1 Å². The third kappa shape index (κ3) is 3.79. The molecule has 4 heteroatoms. The molecule has 0 aromatic heterocycles. The lowest BCUT2D eigenvalue weighted by atomic mass is 10.2. The highest BCUT2D eigenvalue weighted by molar-refractivity contribution is 5.33. The molecule has 1 aromatic carbocycles. The largest absolute Gasteiger partial charge is 0.491 e. The number of aliphatic hydroxyl groups excluding tert-OH is 1. The summed E-state index contributed by atoms with van der Waals surface area (Å²) in [5.74, 6) is 0.330. The van der Waals surface area contributed by atoms with Gasteiger partial charge in [0.15, 0.2) is 0 Å². The number of halogens is 1. The highest BCUT2D eigenvalue weighted by atomic mass is 19.1. The highest BCUT2D eigenvalue weighted by Gasteiger charge is 2.07. The van der Waals surface area contributed by atoms with Gasteiger partial charge < -0.3 is 15.2 Å². The number of benzene rings is 1. The fourth-order valence-corrected chi connectivity index (χ4v) is 1.32. The lowest BCUT2D eigenvalue weighted by molar-refractivity contribution is 0.104. The minimum Gasteiger partial charge on any atom is -0.491 e. The monoisotopic (exact) mass is 227 g/mol. The second-order valence-corrected chi connectivity index (χ2v) is 3.66. The van der Waals surface area contributed by atoms with E-state index in [-0.39, 0.29) is 12.4 Å². The molecule has 0 aliphatic rings. The van der Waals surface area contributed by atoms with Crippen LogP contribution in [0.4, 0.5) is 4.39 Å². The van der Waals surface area contributed by atoms with Crippen LogP contribution in [-0.2, 0) is 6.54 Å². The first-order valence-electron chi connectivity index (χ1n) is 5.41. The van der Waals surface area contributed by atoms with E-state index in [9.17, 15) is 9.50 Å². The summed E-state index contributed by atoms with van der Waals surface area (Å²) in [5.41, 5.74) is 0.755. The zero-order valence-electron chi connectivity index (χ0n) is 9.66. The van der Waals surface area contributed by atoms with Crippen molar-refractivity contribution >= 4 is 0 Å². The number of hydrogen-bond acceptors (Lipinski definition) is 3. The third-order valence-corrected chi connectivity index (χ3v) is 2.29. The van der Waals surface area contributed by atoms with Gasteiger partial charge in [0.05, 0.1) is 6.10 Å². The summed E-state index contributed by atoms with van der Waals surface area (Å²) in [6, 6.07) is 4.38. The van der Waals surface area contributed by atoms with Gasteiger partial charge in [-0.25, -0.2) is 4.39 Å². The number of rotatable bonds is 6. The number of aliphatic hydroxyl groups is 1. The molecule has 3 nitrogen and oxygen atoms in total. The molecule has 16 heavy (non-hydrogen) atoms. The Kier molecular flexibility index (Phi) is 5.22. The number of hydrogen-bond donors (Lipinski definition) is 2. The third-order valence-electron chi connectivity index (χ3n) is 2.29. The van der Waals surface area contributed by atoms with Crippen LogP contribution >= 0.6 is 0 Å². The molecule has 1 rings (SSSR count). The van der Waals surface area contributed by atoms with Gasteiger partial charge in [0.25, 0.3) is 0 Å². The fraction of sp³-hybridized carbons (Fsp3) is 0.500. The molecule has 2 N–H and O–H groups in total. The Labute approximate surface area is 95.2 Å². The van der Waals surface area contributed by atoms with Crippen LogP contribution in [0.1, 0.15) is 18.9 Å². The molecular weight excluding hydrogens is 209 g/mol. The van der Waals surface area contributed by atoms with Gasteiger partial charge in [0.2, 0.25) is 0 Å². The van der Waals surface area contributed by atoms with Gasteiger partial charge >= 0.3 is 0 Å². The molecule has 1 aromatic rings. The van der Waals surface area contributed by atoms with Gasteiger partial charge in [-0.1, -0.05) is 6.92 Å². The molecule has 0 bridgehead atoms. The Morgan fingerprint density at radius 1 is 1.50 bits per heavy atom. The average Bonchev–Trinajstić information content (AvgIpc) is 2.28. The van der Waals surface area contributed by atoms with Crippen LogP contribution in [0.25, 0.3) is 0 Å². The smallest absolute Gasteiger partial charge is 0.124 e. The van der Waals surface area contributed by atoms with Crippen LogP contribution in [0.2, 0.25) is 0 Å². The van der Waals surface area contributed by atoms with E-state index in [1.807, 2.05) is 6.92 Å². The summed E-state index contributed by atoms with van der Waals surface area (Å²) >= 11 is 0. The number of ether oxygens (including phenoxy) is 1. The van der Waals surface area contributed by atoms with Crippen molar-refractivity contribution in [2.24, 2.45) is 0 Å². The predicted octanol–water partition coefficient (Wildman–Crippen LogP) is 1.69. The van der Waals surface area contributed by atoms with Crippen molar-refractivity contribution in [3.63, 3.8) is 0 Å². The van der Waals surface area contributed by atoms with Crippen LogP contribution in [0.15, 0.2) is 18.2 Å². The van der Waals surface area contributed by atoms with Gasteiger partial charge in [-0.3, -0.25) is 0 Å². The standard InChI is InChI=1S/C12H18FNO2/c1-3-11(15)8-16-12-5-4-10(13)6-9(12)7-14-2/h4-6,11,14-15H,3,7-8H2,1-2H3. The first kappa shape index (κ1) is 12.9. The minimum absolute atomic E-state index is 0.235. The Hall–Kier alpha value is -1.13. The molecule has 1 atom stereocenters. The minimum atomic E-state index is -0.479. The summed E-state index contributed by atoms with van der Waals surface area (Å²) in [4.78, 5) is 0. The van der Waals surface area contributed by atoms with Gasteiger partial charge in [0, 0.05) is 12.1 Å². The quantitative estimate of drug-likeness (QED) is 0.777. The zero-order chi connectivity index (χ0) is 12.0. The summed E-state index contributed by atoms with van der Waals surface area (Å²) in [7, 11) is 1.79. The first-order chi connectivity index (χ1) is 7.67. The van der Waals surface area contributed by atoms with Crippen molar-refractivity contribution in [1.82, 2.24) is 5.32 Å². The maximum absolute atomic E-state index is 13.0. The van der Waals surface area contributed by atoms with Crippen molar-refractivity contribution in [3.8, 4) is 5.75 Å². The van der Waals surface area contributed by atoms with Crippen LogP contribution in [0.3, 0.4) is 0 Å². The van der Waals surface area contributed by atoms with Gasteiger partial charge in [-0.15, -0.1) is 0 Å². The molecule has 90 valence electrons. The van der Waals surface area contributed by atoms with E-state index in [0.717, 1.165) is 5.56 Å². The van der Waals surface area contributed by atoms with Crippen molar-refractivity contribution in [2.45, 2.75) is 26.0 Å². The summed E-state index contributed by atoms with van der Waals surface area (Å²) in [5, 5.41) is 12.3. The maximum Gasteiger partial charge on any atom is 0.124 e. The van der Waals surface area contributed by atoms with E-state index in [0.29, 0.717) is 18.7 Å². The predicted molar refractivity (Wildman–Crippen MR) is 61.0 cm³/mol. The van der Waals surface area contributed by atoms with E-state index in [2.05, 4.69) is 5.32 Å². The SMILES string of the molecule is CCC(O)COc1ccc(F)cc1CNC. The Morgan fingerprint density at radius 3 is 2.88 bits per heavy atom. The topological polar surface area (TPSA) is 41.5 Å². The van der Waals surface area contributed by atoms with Gasteiger partial charge in [-0.05, 0) is 31.7 Å². The molecule has 0 saturated heterocycles. The molecule has 0 aliphatic carbocycles. The summed E-state index contributed by atoms with van der Waals surface area (Å²) in [6.45, 7) is 2.65. The molecule has 0 saturated carbocycles. The van der Waals surface area contributed by atoms with Crippen LogP contribution in [0.5, 0.6) is 5.75 Å². The first-order valence-corrected chi connectivity index (χ1v) is 5.41. The van der Waals surface area contributed by atoms with Crippen LogP contribution in [-0.4, -0.2) is 24.9 Å². The van der Waals surface area contributed by atoms with Gasteiger partial charge in [-0.2, -0.15) is 0 Å². The normalized spacial score (nSPS) is 12.5. The Bertz CT molecular complexity index is 331. The van der Waals surface area contributed by atoms with Crippen molar-refractivity contribution in [1.29, 1.82) is 0 Å². The molecule has 1 unspecified atom stereocenters. The molecular formula is C12H18FNO2. The van der Waals surface area contributed by atoms with Crippen LogP contribution in [0, 0.1) is 5.82 Å². The van der Waals surface area contributed by atoms with E-state index < -0.39 is 6.10 Å². The summed E-state index contributed by atoms with van der Waals surface area (Å²) < 4.78 is 18.4. The molecule has 0 heterocycles. The average molecular weight is 227 g/mol. The molecule has 0 radical (unpaired) electrons.